The predicted octanol–water partition coefficient (Wildman–Crippen LogP) is 5.21. The standard InChI is InChI=1S/C21H25F2N3/c1-3-26-10-8-16(9-11-26)15-4-6-18(7-5-15)25-21-17(13-24)12-19(22)14(2)20(21)23/h4-7,12-13,16,24-25H,3,8-11H2,1-2H3. The Morgan fingerprint density at radius 1 is 1.19 bits per heavy atom. The summed E-state index contributed by atoms with van der Waals surface area (Å²) in [6.45, 7) is 6.95. The van der Waals surface area contributed by atoms with Crippen LogP contribution in [0.2, 0.25) is 0 Å². The molecule has 1 heterocycles. The van der Waals surface area contributed by atoms with E-state index in [0.29, 0.717) is 5.92 Å². The molecule has 0 bridgehead atoms. The minimum Gasteiger partial charge on any atom is -0.353 e. The van der Waals surface area contributed by atoms with E-state index in [1.54, 1.807) is 0 Å². The Morgan fingerprint density at radius 2 is 1.85 bits per heavy atom. The van der Waals surface area contributed by atoms with Crippen molar-refractivity contribution in [1.82, 2.24) is 4.90 Å². The SMILES string of the molecule is CCN1CCC(c2ccc(Nc3c(C=N)cc(F)c(C)c3F)cc2)CC1. The van der Waals surface area contributed by atoms with Gasteiger partial charge in [0.1, 0.15) is 5.82 Å². The van der Waals surface area contributed by atoms with Crippen molar-refractivity contribution in [3.05, 3.63) is 58.7 Å². The molecular formula is C21H25F2N3. The minimum absolute atomic E-state index is 0.0441. The summed E-state index contributed by atoms with van der Waals surface area (Å²) in [6, 6.07) is 9.18. The van der Waals surface area contributed by atoms with Crippen LogP contribution in [0.3, 0.4) is 0 Å². The zero-order chi connectivity index (χ0) is 18.7. The molecule has 26 heavy (non-hydrogen) atoms. The van der Waals surface area contributed by atoms with Crippen LogP contribution in [0.15, 0.2) is 30.3 Å². The third-order valence-corrected chi connectivity index (χ3v) is 5.32. The van der Waals surface area contributed by atoms with Gasteiger partial charge in [-0.15, -0.1) is 0 Å². The van der Waals surface area contributed by atoms with Crippen LogP contribution in [-0.4, -0.2) is 30.7 Å². The average Bonchev–Trinajstić information content (AvgIpc) is 2.69. The highest BCUT2D eigenvalue weighted by atomic mass is 19.1. The molecule has 2 N–H and O–H groups in total. The first-order chi connectivity index (χ1) is 12.5. The second kappa shape index (κ2) is 7.96. The number of hydrogen-bond donors (Lipinski definition) is 2. The molecule has 1 aliphatic heterocycles. The molecule has 0 unspecified atom stereocenters. The van der Waals surface area contributed by atoms with Crippen molar-refractivity contribution in [2.75, 3.05) is 25.0 Å². The first-order valence-corrected chi connectivity index (χ1v) is 9.11. The molecule has 0 aromatic heterocycles. The molecule has 1 aliphatic rings. The van der Waals surface area contributed by atoms with Gasteiger partial charge in [-0.2, -0.15) is 0 Å². The van der Waals surface area contributed by atoms with Crippen molar-refractivity contribution in [2.45, 2.75) is 32.6 Å². The quantitative estimate of drug-likeness (QED) is 0.721. The predicted molar refractivity (Wildman–Crippen MR) is 103 cm³/mol. The van der Waals surface area contributed by atoms with E-state index in [1.807, 2.05) is 12.1 Å². The topological polar surface area (TPSA) is 39.1 Å². The lowest BCUT2D eigenvalue weighted by atomic mass is 9.89. The number of halogens is 2. The van der Waals surface area contributed by atoms with E-state index in [2.05, 4.69) is 29.3 Å². The molecule has 2 aromatic rings. The van der Waals surface area contributed by atoms with E-state index in [-0.39, 0.29) is 16.8 Å². The van der Waals surface area contributed by atoms with Crippen molar-refractivity contribution < 1.29 is 8.78 Å². The van der Waals surface area contributed by atoms with Gasteiger partial charge in [0.25, 0.3) is 0 Å². The fourth-order valence-corrected chi connectivity index (χ4v) is 3.54. The number of nitrogens with zero attached hydrogens (tertiary/aromatic N) is 1. The first kappa shape index (κ1) is 18.5. The van der Waals surface area contributed by atoms with Crippen molar-refractivity contribution in [3.63, 3.8) is 0 Å². The Hall–Kier alpha value is -2.27. The van der Waals surface area contributed by atoms with E-state index >= 15 is 0 Å². The van der Waals surface area contributed by atoms with E-state index < -0.39 is 11.6 Å². The van der Waals surface area contributed by atoms with Gasteiger partial charge in [-0.25, -0.2) is 8.78 Å². The largest absolute Gasteiger partial charge is 0.353 e. The Labute approximate surface area is 153 Å². The van der Waals surface area contributed by atoms with Gasteiger partial charge in [0.05, 0.1) is 5.69 Å². The minimum atomic E-state index is -0.653. The fourth-order valence-electron chi connectivity index (χ4n) is 3.54. The second-order valence-electron chi connectivity index (χ2n) is 6.86. The van der Waals surface area contributed by atoms with Crippen LogP contribution >= 0.6 is 0 Å². The highest BCUT2D eigenvalue weighted by Crippen LogP contribution is 2.31. The summed E-state index contributed by atoms with van der Waals surface area (Å²) in [7, 11) is 0. The summed E-state index contributed by atoms with van der Waals surface area (Å²) >= 11 is 0. The number of likely N-dealkylation sites (tertiary alicyclic amines) is 1. The maximum Gasteiger partial charge on any atom is 0.153 e. The number of benzene rings is 2. The smallest absolute Gasteiger partial charge is 0.153 e. The zero-order valence-corrected chi connectivity index (χ0v) is 15.3. The number of piperidine rings is 1. The third kappa shape index (κ3) is 3.78. The molecule has 0 amide bonds. The molecule has 3 rings (SSSR count). The molecule has 0 atom stereocenters. The summed E-state index contributed by atoms with van der Waals surface area (Å²) in [6.07, 6.45) is 3.28. The molecule has 1 fully saturated rings. The van der Waals surface area contributed by atoms with Crippen LogP contribution in [0.1, 0.15) is 42.4 Å². The Kier molecular flexibility index (Phi) is 5.67. The third-order valence-electron chi connectivity index (χ3n) is 5.32. The van der Waals surface area contributed by atoms with Gasteiger partial charge in [0.2, 0.25) is 0 Å². The summed E-state index contributed by atoms with van der Waals surface area (Å²) < 4.78 is 28.1. The van der Waals surface area contributed by atoms with Gasteiger partial charge in [0.15, 0.2) is 5.82 Å². The van der Waals surface area contributed by atoms with Crippen LogP contribution in [0, 0.1) is 24.0 Å². The Bertz CT molecular complexity index is 779. The number of hydrogen-bond acceptors (Lipinski definition) is 3. The van der Waals surface area contributed by atoms with E-state index in [1.165, 1.54) is 18.6 Å². The normalized spacial score (nSPS) is 15.8. The summed E-state index contributed by atoms with van der Waals surface area (Å²) in [4.78, 5) is 2.46. The maximum absolute atomic E-state index is 14.4. The highest BCUT2D eigenvalue weighted by molar-refractivity contribution is 5.88. The van der Waals surface area contributed by atoms with Crippen LogP contribution in [-0.2, 0) is 0 Å². The zero-order valence-electron chi connectivity index (χ0n) is 15.3. The average molecular weight is 357 g/mol. The maximum atomic E-state index is 14.4. The molecule has 2 aromatic carbocycles. The van der Waals surface area contributed by atoms with Gasteiger partial charge < -0.3 is 15.6 Å². The van der Waals surface area contributed by atoms with Gasteiger partial charge in [-0.1, -0.05) is 19.1 Å². The molecule has 0 radical (unpaired) electrons. The molecule has 1 saturated heterocycles. The first-order valence-electron chi connectivity index (χ1n) is 9.11. The lowest BCUT2D eigenvalue weighted by Crippen LogP contribution is -2.32. The monoisotopic (exact) mass is 357 g/mol. The van der Waals surface area contributed by atoms with Crippen molar-refractivity contribution >= 4 is 17.6 Å². The molecule has 138 valence electrons. The van der Waals surface area contributed by atoms with Gasteiger partial charge in [0, 0.05) is 23.0 Å². The van der Waals surface area contributed by atoms with Crippen LogP contribution < -0.4 is 5.32 Å². The molecular weight excluding hydrogens is 332 g/mol. The summed E-state index contributed by atoms with van der Waals surface area (Å²) in [5.74, 6) is -0.728. The van der Waals surface area contributed by atoms with Crippen molar-refractivity contribution in [3.8, 4) is 0 Å². The summed E-state index contributed by atoms with van der Waals surface area (Å²) in [5, 5.41) is 10.4. The van der Waals surface area contributed by atoms with E-state index in [4.69, 9.17) is 5.41 Å². The van der Waals surface area contributed by atoms with Crippen LogP contribution in [0.25, 0.3) is 0 Å². The molecule has 0 spiro atoms. The van der Waals surface area contributed by atoms with E-state index in [9.17, 15) is 8.78 Å². The molecule has 5 heteroatoms. The highest BCUT2D eigenvalue weighted by Gasteiger charge is 2.20. The van der Waals surface area contributed by atoms with Gasteiger partial charge in [-0.05, 0) is 69.1 Å². The van der Waals surface area contributed by atoms with Crippen LogP contribution in [0.4, 0.5) is 20.2 Å². The Morgan fingerprint density at radius 3 is 2.42 bits per heavy atom. The lowest BCUT2D eigenvalue weighted by molar-refractivity contribution is 0.222. The molecule has 0 aliphatic carbocycles. The molecule has 3 nitrogen and oxygen atoms in total. The number of nitrogens with one attached hydrogen (secondary N) is 2. The number of rotatable bonds is 5. The lowest BCUT2D eigenvalue weighted by Gasteiger charge is -2.31. The number of anilines is 2. The van der Waals surface area contributed by atoms with Crippen molar-refractivity contribution in [1.29, 1.82) is 5.41 Å². The molecule has 0 saturated carbocycles. The van der Waals surface area contributed by atoms with E-state index in [0.717, 1.165) is 44.4 Å². The van der Waals surface area contributed by atoms with Crippen LogP contribution in [0.5, 0.6) is 0 Å². The second-order valence-corrected chi connectivity index (χ2v) is 6.86. The van der Waals surface area contributed by atoms with Crippen molar-refractivity contribution in [2.24, 2.45) is 0 Å². The van der Waals surface area contributed by atoms with Gasteiger partial charge in [-0.3, -0.25) is 0 Å². The Balaban J connectivity index is 1.76. The summed E-state index contributed by atoms with van der Waals surface area (Å²) in [5.41, 5.74) is 2.32. The van der Waals surface area contributed by atoms with Gasteiger partial charge >= 0.3 is 0 Å². The fraction of sp³-hybridized carbons (Fsp3) is 0.381.